The summed E-state index contributed by atoms with van der Waals surface area (Å²) in [4.78, 5) is 14.6. The lowest BCUT2D eigenvalue weighted by molar-refractivity contribution is 0.0933. The topological polar surface area (TPSA) is 58.4 Å². The molecule has 1 saturated carbocycles. The van der Waals surface area contributed by atoms with E-state index in [0.29, 0.717) is 12.5 Å². The summed E-state index contributed by atoms with van der Waals surface area (Å²) in [5, 5.41) is 3.06. The van der Waals surface area contributed by atoms with Gasteiger partial charge in [-0.3, -0.25) is 4.79 Å². The molecule has 1 aromatic rings. The number of anilines is 1. The molecule has 22 heavy (non-hydrogen) atoms. The SMILES string of the molecule is CCCCN(CC)c1ccc(C(=O)NC(CN)C2CC2)cc1. The minimum Gasteiger partial charge on any atom is -0.372 e. The number of rotatable bonds is 9. The van der Waals surface area contributed by atoms with E-state index in [2.05, 4.69) is 24.1 Å². The summed E-state index contributed by atoms with van der Waals surface area (Å²) in [5.74, 6) is 0.573. The molecular weight excluding hydrogens is 274 g/mol. The number of carbonyl (C=O) groups is 1. The molecule has 2 rings (SSSR count). The Labute approximate surface area is 134 Å². The number of unbranched alkanes of at least 4 members (excludes halogenated alkanes) is 1. The normalized spacial score (nSPS) is 15.4. The molecule has 1 aromatic carbocycles. The molecule has 4 nitrogen and oxygen atoms in total. The van der Waals surface area contributed by atoms with E-state index in [9.17, 15) is 4.79 Å². The fourth-order valence-electron chi connectivity index (χ4n) is 2.76. The highest BCUT2D eigenvalue weighted by Gasteiger charge is 2.31. The van der Waals surface area contributed by atoms with Crippen LogP contribution in [-0.2, 0) is 0 Å². The van der Waals surface area contributed by atoms with Crippen molar-refractivity contribution in [2.24, 2.45) is 11.7 Å². The van der Waals surface area contributed by atoms with Crippen LogP contribution in [-0.4, -0.2) is 31.6 Å². The van der Waals surface area contributed by atoms with Crippen molar-refractivity contribution in [3.63, 3.8) is 0 Å². The Kier molecular flexibility index (Phi) is 6.25. The Bertz CT molecular complexity index is 468. The largest absolute Gasteiger partial charge is 0.372 e. The average molecular weight is 303 g/mol. The van der Waals surface area contributed by atoms with Crippen molar-refractivity contribution in [1.29, 1.82) is 0 Å². The molecule has 0 heterocycles. The highest BCUT2D eigenvalue weighted by molar-refractivity contribution is 5.94. The van der Waals surface area contributed by atoms with Crippen LogP contribution >= 0.6 is 0 Å². The number of nitrogens with one attached hydrogen (secondary N) is 1. The molecule has 1 aliphatic carbocycles. The Hall–Kier alpha value is -1.55. The molecular formula is C18H29N3O. The summed E-state index contributed by atoms with van der Waals surface area (Å²) in [5.41, 5.74) is 7.65. The van der Waals surface area contributed by atoms with Crippen molar-refractivity contribution in [2.45, 2.75) is 45.6 Å². The lowest BCUT2D eigenvalue weighted by Crippen LogP contribution is -2.41. The number of nitrogens with two attached hydrogens (primary N) is 1. The van der Waals surface area contributed by atoms with Gasteiger partial charge in [-0.25, -0.2) is 0 Å². The van der Waals surface area contributed by atoms with Gasteiger partial charge in [-0.1, -0.05) is 13.3 Å². The van der Waals surface area contributed by atoms with Gasteiger partial charge >= 0.3 is 0 Å². The molecule has 1 fully saturated rings. The van der Waals surface area contributed by atoms with Crippen LogP contribution < -0.4 is 16.0 Å². The summed E-state index contributed by atoms with van der Waals surface area (Å²) < 4.78 is 0. The Balaban J connectivity index is 1.96. The summed E-state index contributed by atoms with van der Waals surface area (Å²) >= 11 is 0. The summed E-state index contributed by atoms with van der Waals surface area (Å²) in [6, 6.07) is 8.05. The second kappa shape index (κ2) is 8.18. The Morgan fingerprint density at radius 2 is 2.00 bits per heavy atom. The summed E-state index contributed by atoms with van der Waals surface area (Å²) in [7, 11) is 0. The molecule has 0 aliphatic heterocycles. The molecule has 1 amide bonds. The zero-order valence-electron chi connectivity index (χ0n) is 13.8. The van der Waals surface area contributed by atoms with Gasteiger partial charge in [0.05, 0.1) is 0 Å². The third kappa shape index (κ3) is 4.47. The predicted octanol–water partition coefficient (Wildman–Crippen LogP) is 2.78. The lowest BCUT2D eigenvalue weighted by atomic mass is 10.1. The van der Waals surface area contributed by atoms with Gasteiger partial charge in [0, 0.05) is 36.9 Å². The van der Waals surface area contributed by atoms with Gasteiger partial charge in [-0.2, -0.15) is 0 Å². The van der Waals surface area contributed by atoms with Crippen molar-refractivity contribution >= 4 is 11.6 Å². The predicted molar refractivity (Wildman–Crippen MR) is 92.3 cm³/mol. The van der Waals surface area contributed by atoms with Crippen LogP contribution in [0, 0.1) is 5.92 Å². The molecule has 0 spiro atoms. The van der Waals surface area contributed by atoms with Crippen molar-refractivity contribution in [2.75, 3.05) is 24.5 Å². The average Bonchev–Trinajstić information content (AvgIpc) is 3.38. The highest BCUT2D eigenvalue weighted by atomic mass is 16.1. The zero-order chi connectivity index (χ0) is 15.9. The minimum absolute atomic E-state index is 0.00879. The van der Waals surface area contributed by atoms with Crippen molar-refractivity contribution in [3.8, 4) is 0 Å². The maximum atomic E-state index is 12.3. The van der Waals surface area contributed by atoms with E-state index in [1.165, 1.54) is 31.4 Å². The van der Waals surface area contributed by atoms with Gasteiger partial charge in [0.15, 0.2) is 0 Å². The van der Waals surface area contributed by atoms with Crippen LogP contribution in [0.3, 0.4) is 0 Å². The molecule has 0 radical (unpaired) electrons. The second-order valence-electron chi connectivity index (χ2n) is 6.13. The minimum atomic E-state index is -0.00879. The number of hydrogen-bond acceptors (Lipinski definition) is 3. The second-order valence-corrected chi connectivity index (χ2v) is 6.13. The fourth-order valence-corrected chi connectivity index (χ4v) is 2.76. The standard InChI is InChI=1S/C18H29N3O/c1-3-5-12-21(4-2)16-10-8-15(9-11-16)18(22)20-17(13-19)14-6-7-14/h8-11,14,17H,3-7,12-13,19H2,1-2H3,(H,20,22). The summed E-state index contributed by atoms with van der Waals surface area (Å²) in [6.45, 7) is 6.94. The van der Waals surface area contributed by atoms with E-state index in [-0.39, 0.29) is 11.9 Å². The number of amides is 1. The maximum absolute atomic E-state index is 12.3. The number of benzene rings is 1. The van der Waals surface area contributed by atoms with Gasteiger partial charge in [0.1, 0.15) is 0 Å². The van der Waals surface area contributed by atoms with Gasteiger partial charge in [0.25, 0.3) is 5.91 Å². The molecule has 122 valence electrons. The molecule has 0 bridgehead atoms. The van der Waals surface area contributed by atoms with E-state index < -0.39 is 0 Å². The maximum Gasteiger partial charge on any atom is 0.251 e. The molecule has 3 N–H and O–H groups in total. The molecule has 1 aliphatic rings. The van der Waals surface area contributed by atoms with Gasteiger partial charge < -0.3 is 16.0 Å². The number of carbonyl (C=O) groups excluding carboxylic acids is 1. The van der Waals surface area contributed by atoms with E-state index in [1.54, 1.807) is 0 Å². The van der Waals surface area contributed by atoms with Crippen molar-refractivity contribution < 1.29 is 4.79 Å². The third-order valence-electron chi connectivity index (χ3n) is 4.42. The first-order valence-corrected chi connectivity index (χ1v) is 8.55. The quantitative estimate of drug-likeness (QED) is 0.737. The van der Waals surface area contributed by atoms with Crippen molar-refractivity contribution in [1.82, 2.24) is 5.32 Å². The van der Waals surface area contributed by atoms with Gasteiger partial charge in [-0.05, 0) is 56.4 Å². The van der Waals surface area contributed by atoms with Crippen LogP contribution in [0.5, 0.6) is 0 Å². The lowest BCUT2D eigenvalue weighted by Gasteiger charge is -2.23. The molecule has 1 atom stereocenters. The van der Waals surface area contributed by atoms with Crippen LogP contribution in [0.25, 0.3) is 0 Å². The van der Waals surface area contributed by atoms with Gasteiger partial charge in [-0.15, -0.1) is 0 Å². The first-order chi connectivity index (χ1) is 10.7. The zero-order valence-corrected chi connectivity index (χ0v) is 13.8. The summed E-state index contributed by atoms with van der Waals surface area (Å²) in [6.07, 6.45) is 4.75. The fraction of sp³-hybridized carbons (Fsp3) is 0.611. The van der Waals surface area contributed by atoms with Crippen LogP contribution in [0.15, 0.2) is 24.3 Å². The molecule has 0 aromatic heterocycles. The third-order valence-corrected chi connectivity index (χ3v) is 4.42. The van der Waals surface area contributed by atoms with Crippen LogP contribution in [0.4, 0.5) is 5.69 Å². The number of nitrogens with zero attached hydrogens (tertiary/aromatic N) is 1. The molecule has 4 heteroatoms. The molecule has 1 unspecified atom stereocenters. The Morgan fingerprint density at radius 3 is 2.50 bits per heavy atom. The smallest absolute Gasteiger partial charge is 0.251 e. The first-order valence-electron chi connectivity index (χ1n) is 8.55. The van der Waals surface area contributed by atoms with E-state index in [0.717, 1.165) is 18.7 Å². The Morgan fingerprint density at radius 1 is 1.32 bits per heavy atom. The van der Waals surface area contributed by atoms with E-state index >= 15 is 0 Å². The van der Waals surface area contributed by atoms with Gasteiger partial charge in [0.2, 0.25) is 0 Å². The van der Waals surface area contributed by atoms with E-state index in [1.807, 2.05) is 24.3 Å². The monoisotopic (exact) mass is 303 g/mol. The van der Waals surface area contributed by atoms with E-state index in [4.69, 9.17) is 5.73 Å². The molecule has 0 saturated heterocycles. The van der Waals surface area contributed by atoms with Crippen LogP contribution in [0.1, 0.15) is 49.9 Å². The first kappa shape index (κ1) is 16.8. The highest BCUT2D eigenvalue weighted by Crippen LogP contribution is 2.32. The van der Waals surface area contributed by atoms with Crippen molar-refractivity contribution in [3.05, 3.63) is 29.8 Å². The number of hydrogen-bond donors (Lipinski definition) is 2. The van der Waals surface area contributed by atoms with Crippen LogP contribution in [0.2, 0.25) is 0 Å².